The van der Waals surface area contributed by atoms with Crippen LogP contribution in [0.1, 0.15) is 63.8 Å². The summed E-state index contributed by atoms with van der Waals surface area (Å²) in [5, 5.41) is 7.23. The first-order valence-corrected chi connectivity index (χ1v) is 10.3. The summed E-state index contributed by atoms with van der Waals surface area (Å²) >= 11 is 0. The maximum atomic E-state index is 13.5. The number of rotatable bonds is 5. The Balaban J connectivity index is 1.36. The van der Waals surface area contributed by atoms with E-state index >= 15 is 0 Å². The number of nitrogens with zero attached hydrogens (tertiary/aromatic N) is 4. The predicted molar refractivity (Wildman–Crippen MR) is 97.6 cm³/mol. The number of hydrogen-bond donors (Lipinski definition) is 1. The third kappa shape index (κ3) is 4.09. The van der Waals surface area contributed by atoms with Crippen LogP contribution in [-0.4, -0.2) is 51.1 Å². The topological polar surface area (TPSA) is 63.1 Å². The van der Waals surface area contributed by atoms with Crippen molar-refractivity contribution in [2.24, 2.45) is 11.8 Å². The van der Waals surface area contributed by atoms with Gasteiger partial charge in [0.2, 0.25) is 11.9 Å². The smallest absolute Gasteiger partial charge is 0.260 e. The quantitative estimate of drug-likeness (QED) is 0.848. The van der Waals surface area contributed by atoms with E-state index in [1.54, 1.807) is 0 Å². The molecule has 8 heteroatoms. The van der Waals surface area contributed by atoms with E-state index in [0.717, 1.165) is 25.8 Å². The minimum absolute atomic E-state index is 0.0915. The van der Waals surface area contributed by atoms with Crippen LogP contribution in [0.2, 0.25) is 0 Å². The Morgan fingerprint density at radius 2 is 2.07 bits per heavy atom. The lowest BCUT2D eigenvalue weighted by molar-refractivity contribution is -0.133. The molecule has 27 heavy (non-hydrogen) atoms. The van der Waals surface area contributed by atoms with Crippen molar-refractivity contribution in [3.63, 3.8) is 0 Å². The first-order valence-electron chi connectivity index (χ1n) is 10.3. The van der Waals surface area contributed by atoms with Crippen LogP contribution in [0.25, 0.3) is 0 Å². The zero-order valence-electron chi connectivity index (χ0n) is 15.7. The highest BCUT2D eigenvalue weighted by Gasteiger charge is 2.39. The van der Waals surface area contributed by atoms with Gasteiger partial charge in [0, 0.05) is 25.6 Å². The van der Waals surface area contributed by atoms with Crippen molar-refractivity contribution in [2.75, 3.05) is 18.4 Å². The molecule has 150 valence electrons. The molecule has 1 aromatic heterocycles. The molecule has 0 bridgehead atoms. The van der Waals surface area contributed by atoms with Crippen LogP contribution in [0.4, 0.5) is 14.7 Å². The number of halogens is 2. The monoisotopic (exact) mass is 381 g/mol. The summed E-state index contributed by atoms with van der Waals surface area (Å²) in [6, 6.07) is -1.03. The molecule has 0 aromatic carbocycles. The van der Waals surface area contributed by atoms with Gasteiger partial charge in [-0.05, 0) is 37.5 Å². The Morgan fingerprint density at radius 3 is 2.85 bits per heavy atom. The fourth-order valence-corrected chi connectivity index (χ4v) is 5.05. The maximum Gasteiger partial charge on any atom is 0.260 e. The number of fused-ring (bicyclic) bond motifs is 1. The fraction of sp³-hybridized carbons (Fsp3) is 0.842. The Hall–Kier alpha value is -1.73. The number of carbonyl (C=O) groups excluding carboxylic acids is 1. The molecule has 0 radical (unpaired) electrons. The minimum atomic E-state index is -2.47. The van der Waals surface area contributed by atoms with Gasteiger partial charge in [0.15, 0.2) is 0 Å². The SMILES string of the molecule is O=C(CCC1CCCC1)N1CCCC([C@@H]2C[C@H](C(F)F)n3ncnc3N2)C1. The van der Waals surface area contributed by atoms with E-state index in [0.29, 0.717) is 31.3 Å². The number of anilines is 1. The van der Waals surface area contributed by atoms with E-state index < -0.39 is 12.5 Å². The number of likely N-dealkylation sites (tertiary alicyclic amines) is 1. The standard InChI is InChI=1S/C19H29F2N5O/c20-18(21)16-10-15(24-19-22-12-23-26(16)19)14-6-3-9-25(11-14)17(27)8-7-13-4-1-2-5-13/h12-16,18H,1-11H2,(H,22,23,24)/t14?,15-,16+/m0/s1. The van der Waals surface area contributed by atoms with Gasteiger partial charge in [-0.1, -0.05) is 25.7 Å². The Kier molecular flexibility index (Phi) is 5.59. The van der Waals surface area contributed by atoms with Gasteiger partial charge in [-0.25, -0.2) is 13.5 Å². The highest BCUT2D eigenvalue weighted by Crippen LogP contribution is 2.35. The maximum absolute atomic E-state index is 13.5. The Labute approximate surface area is 158 Å². The molecule has 2 aliphatic heterocycles. The lowest BCUT2D eigenvalue weighted by Gasteiger charge is -2.40. The third-order valence-corrected chi connectivity index (χ3v) is 6.61. The predicted octanol–water partition coefficient (Wildman–Crippen LogP) is 3.48. The van der Waals surface area contributed by atoms with Crippen molar-refractivity contribution in [1.82, 2.24) is 19.7 Å². The number of hydrogen-bond acceptors (Lipinski definition) is 4. The highest BCUT2D eigenvalue weighted by atomic mass is 19.3. The number of amides is 1. The van der Waals surface area contributed by atoms with Gasteiger partial charge in [-0.15, -0.1) is 0 Å². The molecule has 4 rings (SSSR count). The molecule has 0 spiro atoms. The molecule has 1 amide bonds. The average Bonchev–Trinajstić information content (AvgIpc) is 3.36. The van der Waals surface area contributed by atoms with E-state index in [9.17, 15) is 13.6 Å². The van der Waals surface area contributed by atoms with Crippen molar-refractivity contribution >= 4 is 11.9 Å². The van der Waals surface area contributed by atoms with Crippen LogP contribution < -0.4 is 5.32 Å². The molecule has 3 heterocycles. The van der Waals surface area contributed by atoms with E-state index in [4.69, 9.17) is 0 Å². The number of aromatic nitrogens is 3. The molecule has 3 aliphatic rings. The molecule has 6 nitrogen and oxygen atoms in total. The van der Waals surface area contributed by atoms with Crippen molar-refractivity contribution in [2.45, 2.75) is 76.3 Å². The number of carbonyl (C=O) groups is 1. The second-order valence-corrected chi connectivity index (χ2v) is 8.35. The van der Waals surface area contributed by atoms with Crippen molar-refractivity contribution < 1.29 is 13.6 Å². The molecule has 2 fully saturated rings. The van der Waals surface area contributed by atoms with Gasteiger partial charge >= 0.3 is 0 Å². The van der Waals surface area contributed by atoms with Gasteiger partial charge in [0.25, 0.3) is 6.43 Å². The summed E-state index contributed by atoms with van der Waals surface area (Å²) in [7, 11) is 0. The van der Waals surface area contributed by atoms with Crippen LogP contribution in [-0.2, 0) is 4.79 Å². The molecule has 1 aliphatic carbocycles. The van der Waals surface area contributed by atoms with Crippen LogP contribution in [0, 0.1) is 11.8 Å². The van der Waals surface area contributed by atoms with Crippen molar-refractivity contribution in [1.29, 1.82) is 0 Å². The molecule has 1 saturated heterocycles. The second kappa shape index (κ2) is 8.10. The zero-order chi connectivity index (χ0) is 18.8. The Morgan fingerprint density at radius 1 is 1.26 bits per heavy atom. The lowest BCUT2D eigenvalue weighted by Crippen LogP contribution is -2.48. The summed E-state index contributed by atoms with van der Waals surface area (Å²) in [4.78, 5) is 18.7. The highest BCUT2D eigenvalue weighted by molar-refractivity contribution is 5.76. The van der Waals surface area contributed by atoms with Gasteiger partial charge in [0.05, 0.1) is 0 Å². The molecule has 1 saturated carbocycles. The second-order valence-electron chi connectivity index (χ2n) is 8.35. The lowest BCUT2D eigenvalue weighted by atomic mass is 9.86. The van der Waals surface area contributed by atoms with E-state index in [-0.39, 0.29) is 17.9 Å². The van der Waals surface area contributed by atoms with Crippen LogP contribution in [0.15, 0.2) is 6.33 Å². The van der Waals surface area contributed by atoms with Crippen LogP contribution in [0.5, 0.6) is 0 Å². The molecule has 3 atom stereocenters. The van der Waals surface area contributed by atoms with Gasteiger partial charge in [-0.3, -0.25) is 4.79 Å². The first-order chi connectivity index (χ1) is 13.1. The van der Waals surface area contributed by atoms with E-state index in [2.05, 4.69) is 15.4 Å². The molecular formula is C19H29F2N5O. The van der Waals surface area contributed by atoms with Gasteiger partial charge < -0.3 is 10.2 Å². The van der Waals surface area contributed by atoms with Crippen LogP contribution >= 0.6 is 0 Å². The van der Waals surface area contributed by atoms with Crippen molar-refractivity contribution in [3.05, 3.63) is 6.33 Å². The Bertz CT molecular complexity index is 646. The van der Waals surface area contributed by atoms with Gasteiger partial charge in [-0.2, -0.15) is 10.1 Å². The first kappa shape index (κ1) is 18.6. The van der Waals surface area contributed by atoms with Crippen LogP contribution in [0.3, 0.4) is 0 Å². The third-order valence-electron chi connectivity index (χ3n) is 6.61. The van der Waals surface area contributed by atoms with E-state index in [1.807, 2.05) is 4.90 Å². The number of nitrogens with one attached hydrogen (secondary N) is 1. The summed E-state index contributed by atoms with van der Waals surface area (Å²) < 4.78 is 28.3. The summed E-state index contributed by atoms with van der Waals surface area (Å²) in [5.74, 6) is 1.55. The normalized spacial score (nSPS) is 29.0. The minimum Gasteiger partial charge on any atom is -0.351 e. The summed E-state index contributed by atoms with van der Waals surface area (Å²) in [6.07, 6.45) is 7.81. The largest absolute Gasteiger partial charge is 0.351 e. The number of alkyl halides is 2. The average molecular weight is 381 g/mol. The molecule has 1 aromatic rings. The fourth-order valence-electron chi connectivity index (χ4n) is 5.05. The zero-order valence-corrected chi connectivity index (χ0v) is 15.7. The summed E-state index contributed by atoms with van der Waals surface area (Å²) in [6.45, 7) is 1.45. The van der Waals surface area contributed by atoms with Crippen molar-refractivity contribution in [3.8, 4) is 0 Å². The number of piperidine rings is 1. The molecule has 1 N–H and O–H groups in total. The molecular weight excluding hydrogens is 352 g/mol. The summed E-state index contributed by atoms with van der Waals surface area (Å²) in [5.41, 5.74) is 0. The van der Waals surface area contributed by atoms with Gasteiger partial charge in [0.1, 0.15) is 12.4 Å². The molecule has 1 unspecified atom stereocenters. The van der Waals surface area contributed by atoms with E-state index in [1.165, 1.54) is 36.7 Å².